The van der Waals surface area contributed by atoms with Gasteiger partial charge in [0.25, 0.3) is 5.91 Å². The number of aromatic nitrogens is 2. The minimum Gasteiger partial charge on any atom is -0.477 e. The highest BCUT2D eigenvalue weighted by molar-refractivity contribution is 7.81. The van der Waals surface area contributed by atoms with E-state index in [1.54, 1.807) is 26.3 Å². The fraction of sp³-hybridized carbons (Fsp3) is 0.469. The molecule has 2 fully saturated rings. The number of hydrogen-bond acceptors (Lipinski definition) is 13. The summed E-state index contributed by atoms with van der Waals surface area (Å²) in [5.41, 5.74) is -3.84. The molecule has 3 N–H and O–H groups in total. The summed E-state index contributed by atoms with van der Waals surface area (Å²) in [5.74, 6) is -5.46. The Morgan fingerprint density at radius 2 is 1.66 bits per heavy atom. The molecule has 0 aliphatic carbocycles. The molecule has 25 heteroatoms. The number of nitriles is 1. The molecule has 74 heavy (non-hydrogen) atoms. The summed E-state index contributed by atoms with van der Waals surface area (Å²) in [5, 5.41) is 24.6. The summed E-state index contributed by atoms with van der Waals surface area (Å²) < 4.78 is 116. The number of aryl methyl sites for hydroxylation is 1. The van der Waals surface area contributed by atoms with E-state index in [9.17, 15) is 50.6 Å². The summed E-state index contributed by atoms with van der Waals surface area (Å²) in [6.45, 7) is 9.15. The topological polar surface area (TPSA) is 200 Å². The largest absolute Gasteiger partial charge is 0.477 e. The first-order chi connectivity index (χ1) is 34.7. The number of thiocarbonyl (C=S) groups is 1. The van der Waals surface area contributed by atoms with Crippen LogP contribution in [0, 0.1) is 29.5 Å². The molecule has 4 heterocycles. The van der Waals surface area contributed by atoms with Crippen LogP contribution < -0.4 is 25.2 Å². The Labute approximate surface area is 430 Å². The Bertz CT molecular complexity index is 2780. The van der Waals surface area contributed by atoms with Gasteiger partial charge in [-0.15, -0.1) is 11.3 Å². The lowest BCUT2D eigenvalue weighted by atomic mass is 9.85. The van der Waals surface area contributed by atoms with E-state index in [1.807, 2.05) is 31.2 Å². The Kier molecular flexibility index (Phi) is 17.7. The third-order valence-electron chi connectivity index (χ3n) is 12.1. The van der Waals surface area contributed by atoms with Crippen molar-refractivity contribution < 1.29 is 69.2 Å². The van der Waals surface area contributed by atoms with E-state index in [2.05, 4.69) is 20.6 Å². The number of benzene rings is 2. The average molecular weight is 1080 g/mol. The minimum absolute atomic E-state index is 0.0188. The van der Waals surface area contributed by atoms with E-state index in [4.69, 9.17) is 31.7 Å². The van der Waals surface area contributed by atoms with E-state index in [1.165, 1.54) is 36.2 Å². The first-order valence-electron chi connectivity index (χ1n) is 23.1. The number of alkyl halides is 6. The van der Waals surface area contributed by atoms with Gasteiger partial charge in [0, 0.05) is 26.1 Å². The molecule has 0 unspecified atom stereocenters. The molecular formula is C49H53F7N8O8S2. The zero-order chi connectivity index (χ0) is 54.5. The monoisotopic (exact) mass is 1080 g/mol. The second-order valence-electron chi connectivity index (χ2n) is 19.0. The zero-order valence-electron chi connectivity index (χ0n) is 40.9. The second-order valence-corrected chi connectivity index (χ2v) is 20.2. The molecule has 2 aliphatic rings. The van der Waals surface area contributed by atoms with Gasteiger partial charge in [0.05, 0.1) is 71.2 Å². The Morgan fingerprint density at radius 1 is 0.986 bits per heavy atom. The fourth-order valence-corrected chi connectivity index (χ4v) is 9.60. The number of carbonyl (C=O) groups excluding carboxylic acids is 4. The number of nitrogens with one attached hydrogen (secondary N) is 2. The van der Waals surface area contributed by atoms with Crippen molar-refractivity contribution in [3.05, 3.63) is 87.9 Å². The number of ether oxygens (including phenoxy) is 3. The van der Waals surface area contributed by atoms with E-state index in [-0.39, 0.29) is 52.4 Å². The molecule has 2 aromatic heterocycles. The van der Waals surface area contributed by atoms with Crippen molar-refractivity contribution in [3.63, 3.8) is 0 Å². The molecule has 2 aliphatic heterocycles. The number of aliphatic hydroxyl groups excluding tert-OH is 1. The first kappa shape index (κ1) is 57.0. The third kappa shape index (κ3) is 12.9. The van der Waals surface area contributed by atoms with Crippen LogP contribution in [0.5, 0.6) is 5.88 Å². The number of nitrogens with zero attached hydrogens (tertiary/aromatic N) is 6. The number of amides is 4. The number of carbonyl (C=O) groups is 4. The predicted molar refractivity (Wildman–Crippen MR) is 260 cm³/mol. The van der Waals surface area contributed by atoms with Crippen LogP contribution in [0.1, 0.15) is 81.8 Å². The summed E-state index contributed by atoms with van der Waals surface area (Å²) in [6.07, 6.45) is -9.89. The van der Waals surface area contributed by atoms with E-state index < -0.39 is 117 Å². The Hall–Kier alpha value is -6.33. The molecule has 398 valence electrons. The lowest BCUT2D eigenvalue weighted by Crippen LogP contribution is -2.58. The first-order valence-corrected chi connectivity index (χ1v) is 24.3. The smallest absolute Gasteiger partial charge is 0.421 e. The number of likely N-dealkylation sites (tertiary alicyclic amines) is 1. The van der Waals surface area contributed by atoms with Crippen LogP contribution in [-0.2, 0) is 47.5 Å². The van der Waals surface area contributed by atoms with Gasteiger partial charge in [0.1, 0.15) is 35.4 Å². The maximum absolute atomic E-state index is 15.4. The SMILES string of the molecule is Cc1ncsc1-c1ccc(CNC(=O)[C@@H]2C[C@@H](O)CN2C(=O)[C@@H](NC(=O)COCCOCCCCOc2ncc(N3C(=S)N(c4ccc(C#N)c(C(F)(F)F)c4F)C(=O)C3(C)C)cc2C(F)(F)F)C(C)(C)C)cc1. The van der Waals surface area contributed by atoms with Crippen LogP contribution >= 0.6 is 23.6 Å². The van der Waals surface area contributed by atoms with Crippen molar-refractivity contribution in [2.75, 3.05) is 49.4 Å². The molecule has 6 rings (SSSR count). The van der Waals surface area contributed by atoms with Gasteiger partial charge in [-0.2, -0.15) is 31.6 Å². The Morgan fingerprint density at radius 3 is 2.28 bits per heavy atom. The number of aliphatic hydroxyl groups is 1. The van der Waals surface area contributed by atoms with Crippen molar-refractivity contribution in [2.45, 2.75) is 103 Å². The van der Waals surface area contributed by atoms with Gasteiger partial charge < -0.3 is 39.8 Å². The average Bonchev–Trinajstić information content (AvgIpc) is 3.99. The highest BCUT2D eigenvalue weighted by atomic mass is 32.1. The number of halogens is 7. The predicted octanol–water partition coefficient (Wildman–Crippen LogP) is 7.48. The maximum atomic E-state index is 15.4. The molecule has 3 atom stereocenters. The number of thiazole rings is 1. The molecule has 0 spiro atoms. The van der Waals surface area contributed by atoms with Crippen molar-refractivity contribution in [1.29, 1.82) is 5.26 Å². The molecule has 4 aromatic rings. The number of rotatable bonds is 19. The molecule has 0 saturated carbocycles. The molecular weight excluding hydrogens is 1030 g/mol. The van der Waals surface area contributed by atoms with Gasteiger partial charge in [0.2, 0.25) is 23.6 Å². The molecule has 16 nitrogen and oxygen atoms in total. The third-order valence-corrected chi connectivity index (χ3v) is 13.4. The zero-order valence-corrected chi connectivity index (χ0v) is 42.6. The standard InChI is InChI=1S/C49H53F7N8O8S2/c1-27-39(74-26-60-27)29-11-9-28(10-12-29)22-58-41(67)35-20-32(65)24-62(35)43(68)40(46(2,3)4)61-36(66)25-71-18-17-70-15-7-8-16-72-42-33(48(51,52)53)19-31(23-59-42)64-45(73)63(44(69)47(64,5)6)34-14-13-30(21-57)37(38(34)50)49(54,55)56/h9-14,19,23,26,32,35,40,65H,7-8,15-18,20,22,24-25H2,1-6H3,(H,58,67)(H,61,66)/t32-,35+,40-/m1/s1. The van der Waals surface area contributed by atoms with E-state index >= 15 is 4.39 Å². The van der Waals surface area contributed by atoms with Gasteiger partial charge in [-0.25, -0.2) is 14.4 Å². The van der Waals surface area contributed by atoms with Crippen LogP contribution in [-0.4, -0.2) is 112 Å². The number of hydrogen-bond donors (Lipinski definition) is 3. The normalized spacial score (nSPS) is 17.4. The quantitative estimate of drug-likeness (QED) is 0.0475. The van der Waals surface area contributed by atoms with Crippen molar-refractivity contribution in [1.82, 2.24) is 25.5 Å². The van der Waals surface area contributed by atoms with Crippen LogP contribution in [0.3, 0.4) is 0 Å². The summed E-state index contributed by atoms with van der Waals surface area (Å²) in [7, 11) is 0. The minimum atomic E-state index is -5.34. The van der Waals surface area contributed by atoms with Gasteiger partial charge in [-0.1, -0.05) is 45.0 Å². The molecule has 0 bridgehead atoms. The maximum Gasteiger partial charge on any atom is 0.421 e. The second kappa shape index (κ2) is 23.1. The number of β-amino-alcohol motifs (C(OH)–C–C–N with tert-alkyl or cyclic N) is 1. The van der Waals surface area contributed by atoms with Crippen molar-refractivity contribution in [2.24, 2.45) is 5.41 Å². The summed E-state index contributed by atoms with van der Waals surface area (Å²) in [6, 6.07) is 8.85. The number of pyridine rings is 1. The molecule has 0 radical (unpaired) electrons. The van der Waals surface area contributed by atoms with Crippen molar-refractivity contribution in [3.8, 4) is 22.4 Å². The van der Waals surface area contributed by atoms with Gasteiger partial charge in [0.15, 0.2) is 10.9 Å². The van der Waals surface area contributed by atoms with E-state index in [0.717, 1.165) is 38.9 Å². The summed E-state index contributed by atoms with van der Waals surface area (Å²) in [4.78, 5) is 65.7. The lowest BCUT2D eigenvalue weighted by molar-refractivity contribution is -0.144. The summed E-state index contributed by atoms with van der Waals surface area (Å²) >= 11 is 6.87. The van der Waals surface area contributed by atoms with Gasteiger partial charge in [-0.05, 0) is 80.6 Å². The Balaban J connectivity index is 0.942. The van der Waals surface area contributed by atoms with Crippen LogP contribution in [0.25, 0.3) is 10.4 Å². The van der Waals surface area contributed by atoms with Crippen LogP contribution in [0.15, 0.2) is 54.2 Å². The highest BCUT2D eigenvalue weighted by Crippen LogP contribution is 2.44. The fourth-order valence-electron chi connectivity index (χ4n) is 8.27. The van der Waals surface area contributed by atoms with E-state index in [0.29, 0.717) is 23.5 Å². The molecule has 4 amide bonds. The van der Waals surface area contributed by atoms with Crippen LogP contribution in [0.2, 0.25) is 0 Å². The highest BCUT2D eigenvalue weighted by Gasteiger charge is 2.53. The van der Waals surface area contributed by atoms with Crippen molar-refractivity contribution >= 4 is 63.7 Å². The van der Waals surface area contributed by atoms with Crippen LogP contribution in [0.4, 0.5) is 42.1 Å². The lowest BCUT2D eigenvalue weighted by Gasteiger charge is -2.35. The van der Waals surface area contributed by atoms with Gasteiger partial charge >= 0.3 is 12.4 Å². The number of unbranched alkanes of at least 4 members (excludes halogenated alkanes) is 1. The number of anilines is 2. The van der Waals surface area contributed by atoms with Gasteiger partial charge in [-0.3, -0.25) is 24.1 Å². The molecule has 2 aromatic carbocycles. The molecule has 2 saturated heterocycles.